The number of amides is 1. The number of pyridine rings is 2. The fraction of sp³-hybridized carbons (Fsp3) is 0.387. The van der Waals surface area contributed by atoms with Crippen LogP contribution in [0.2, 0.25) is 0 Å². The quantitative estimate of drug-likeness (QED) is 0.414. The smallest absolute Gasteiger partial charge is 0.229 e. The molecule has 1 atom stereocenters. The molecule has 0 bridgehead atoms. The lowest BCUT2D eigenvalue weighted by atomic mass is 9.68. The van der Waals surface area contributed by atoms with Crippen LogP contribution in [0.5, 0.6) is 5.75 Å². The molecule has 2 aliphatic heterocycles. The van der Waals surface area contributed by atoms with Gasteiger partial charge in [0.25, 0.3) is 0 Å². The second kappa shape index (κ2) is 10.4. The molecule has 6 rings (SSSR count). The molecule has 1 saturated heterocycles. The first-order valence-electron chi connectivity index (χ1n) is 13.6. The lowest BCUT2D eigenvalue weighted by molar-refractivity contribution is -0.136. The zero-order valence-electron chi connectivity index (χ0n) is 22.6. The van der Waals surface area contributed by atoms with Crippen LogP contribution < -0.4 is 4.74 Å². The SMILES string of the molecule is COc1ccc2c3c(n(C)c2c1)[C@@H](CO)N(C(=O)Cc1ccccn1)CC31CCN(Cc2ccccn2)CC1. The number of hydrogen-bond acceptors (Lipinski definition) is 6. The normalized spacial score (nSPS) is 18.8. The summed E-state index contributed by atoms with van der Waals surface area (Å²) in [5.41, 5.74) is 4.97. The Balaban J connectivity index is 1.40. The third-order valence-electron chi connectivity index (χ3n) is 8.62. The number of methoxy groups -OCH3 is 1. The zero-order chi connectivity index (χ0) is 27.0. The molecule has 8 heteroatoms. The Kier molecular flexibility index (Phi) is 6.83. The molecule has 3 aromatic heterocycles. The molecule has 5 heterocycles. The molecule has 1 aromatic carbocycles. The van der Waals surface area contributed by atoms with Gasteiger partial charge in [0, 0.05) is 60.8 Å². The van der Waals surface area contributed by atoms with Gasteiger partial charge in [-0.25, -0.2) is 0 Å². The Hall–Kier alpha value is -3.75. The third kappa shape index (κ3) is 4.57. The molecule has 1 spiro atoms. The predicted molar refractivity (Wildman–Crippen MR) is 149 cm³/mol. The summed E-state index contributed by atoms with van der Waals surface area (Å²) in [6.45, 7) is 3.09. The van der Waals surface area contributed by atoms with E-state index in [2.05, 4.69) is 37.6 Å². The van der Waals surface area contributed by atoms with Crippen LogP contribution in [0.1, 0.15) is 41.5 Å². The average molecular weight is 526 g/mol. The number of aliphatic hydroxyl groups is 1. The highest BCUT2D eigenvalue weighted by Gasteiger charge is 2.49. The standard InChI is InChI=1S/C31H35N5O3/c1-34-26-18-24(39-2)9-10-25(26)29-30(34)27(20-37)36(28(38)17-22-7-3-5-13-32-22)21-31(29)11-15-35(16-12-31)19-23-8-4-6-14-33-23/h3-10,13-14,18,27,37H,11-12,15-17,19-21H2,1-2H3/t27-/m1/s1. The maximum atomic E-state index is 13.8. The van der Waals surface area contributed by atoms with Crippen LogP contribution in [-0.2, 0) is 30.2 Å². The summed E-state index contributed by atoms with van der Waals surface area (Å²) < 4.78 is 7.71. The molecule has 0 unspecified atom stereocenters. The molecule has 8 nitrogen and oxygen atoms in total. The summed E-state index contributed by atoms with van der Waals surface area (Å²) in [4.78, 5) is 27.1. The molecule has 0 saturated carbocycles. The van der Waals surface area contributed by atoms with Gasteiger partial charge in [-0.3, -0.25) is 19.7 Å². The first-order chi connectivity index (χ1) is 19.0. The number of benzene rings is 1. The summed E-state index contributed by atoms with van der Waals surface area (Å²) in [5, 5.41) is 11.9. The molecular formula is C31H35N5O3. The van der Waals surface area contributed by atoms with E-state index < -0.39 is 6.04 Å². The highest BCUT2D eigenvalue weighted by molar-refractivity contribution is 5.90. The van der Waals surface area contributed by atoms with E-state index in [1.54, 1.807) is 13.3 Å². The molecule has 0 radical (unpaired) electrons. The summed E-state index contributed by atoms with van der Waals surface area (Å²) in [6.07, 6.45) is 5.62. The van der Waals surface area contributed by atoms with Gasteiger partial charge < -0.3 is 19.3 Å². The maximum Gasteiger partial charge on any atom is 0.229 e. The number of piperidine rings is 1. The second-order valence-electron chi connectivity index (χ2n) is 10.8. The Morgan fingerprint density at radius 1 is 1.05 bits per heavy atom. The van der Waals surface area contributed by atoms with Gasteiger partial charge in [0.2, 0.25) is 5.91 Å². The molecule has 4 aromatic rings. The third-order valence-corrected chi connectivity index (χ3v) is 8.62. The monoisotopic (exact) mass is 525 g/mol. The van der Waals surface area contributed by atoms with E-state index in [1.807, 2.05) is 54.5 Å². The summed E-state index contributed by atoms with van der Waals surface area (Å²) in [5.74, 6) is 0.792. The molecule has 202 valence electrons. The average Bonchev–Trinajstić information content (AvgIpc) is 3.27. The van der Waals surface area contributed by atoms with Crippen LogP contribution >= 0.6 is 0 Å². The number of fused-ring (bicyclic) bond motifs is 4. The lowest BCUT2D eigenvalue weighted by Crippen LogP contribution is -2.55. The van der Waals surface area contributed by atoms with Crippen molar-refractivity contribution >= 4 is 16.8 Å². The van der Waals surface area contributed by atoms with Crippen LogP contribution in [-0.4, -0.2) is 68.7 Å². The fourth-order valence-electron chi connectivity index (χ4n) is 6.65. The van der Waals surface area contributed by atoms with Crippen LogP contribution in [0.25, 0.3) is 10.9 Å². The first-order valence-corrected chi connectivity index (χ1v) is 13.6. The van der Waals surface area contributed by atoms with E-state index in [4.69, 9.17) is 4.74 Å². The Morgan fingerprint density at radius 3 is 2.41 bits per heavy atom. The molecule has 1 N–H and O–H groups in total. The summed E-state index contributed by atoms with van der Waals surface area (Å²) in [6, 6.07) is 17.5. The topological polar surface area (TPSA) is 83.7 Å². The van der Waals surface area contributed by atoms with E-state index in [-0.39, 0.29) is 24.3 Å². The van der Waals surface area contributed by atoms with Crippen molar-refractivity contribution in [2.75, 3.05) is 33.4 Å². The lowest BCUT2D eigenvalue weighted by Gasteiger charge is -2.50. The number of ether oxygens (including phenoxy) is 1. The minimum absolute atomic E-state index is 0.00322. The molecular weight excluding hydrogens is 490 g/mol. The number of nitrogens with zero attached hydrogens (tertiary/aromatic N) is 5. The van der Waals surface area contributed by atoms with Gasteiger partial charge in [0.15, 0.2) is 0 Å². The number of aromatic nitrogens is 3. The highest BCUT2D eigenvalue weighted by atomic mass is 16.5. The molecule has 1 fully saturated rings. The van der Waals surface area contributed by atoms with Crippen molar-refractivity contribution in [3.63, 3.8) is 0 Å². The van der Waals surface area contributed by atoms with Crippen molar-refractivity contribution in [3.8, 4) is 5.75 Å². The van der Waals surface area contributed by atoms with Gasteiger partial charge in [0.05, 0.1) is 37.4 Å². The van der Waals surface area contributed by atoms with Gasteiger partial charge in [-0.05, 0) is 67.9 Å². The van der Waals surface area contributed by atoms with Crippen molar-refractivity contribution in [2.24, 2.45) is 7.05 Å². The zero-order valence-corrected chi connectivity index (χ0v) is 22.6. The highest BCUT2D eigenvalue weighted by Crippen LogP contribution is 2.50. The van der Waals surface area contributed by atoms with Gasteiger partial charge in [-0.2, -0.15) is 0 Å². The summed E-state index contributed by atoms with van der Waals surface area (Å²) >= 11 is 0. The number of aliphatic hydroxyl groups excluding tert-OH is 1. The number of hydrogen-bond donors (Lipinski definition) is 1. The van der Waals surface area contributed by atoms with Crippen molar-refractivity contribution in [1.82, 2.24) is 24.3 Å². The molecule has 1 amide bonds. The minimum atomic E-state index is -0.420. The number of rotatable bonds is 6. The maximum absolute atomic E-state index is 13.8. The largest absolute Gasteiger partial charge is 0.497 e. The van der Waals surface area contributed by atoms with Crippen molar-refractivity contribution in [3.05, 3.63) is 89.6 Å². The van der Waals surface area contributed by atoms with E-state index in [0.29, 0.717) is 6.54 Å². The first kappa shape index (κ1) is 25.5. The Morgan fingerprint density at radius 2 is 1.77 bits per heavy atom. The van der Waals surface area contributed by atoms with Crippen molar-refractivity contribution in [1.29, 1.82) is 0 Å². The Bertz CT molecular complexity index is 1460. The second-order valence-corrected chi connectivity index (χ2v) is 10.8. The van der Waals surface area contributed by atoms with E-state index >= 15 is 0 Å². The van der Waals surface area contributed by atoms with Crippen LogP contribution in [0.4, 0.5) is 0 Å². The predicted octanol–water partition coefficient (Wildman–Crippen LogP) is 3.63. The van der Waals surface area contributed by atoms with Crippen LogP contribution in [0.15, 0.2) is 67.0 Å². The van der Waals surface area contributed by atoms with Gasteiger partial charge >= 0.3 is 0 Å². The van der Waals surface area contributed by atoms with E-state index in [9.17, 15) is 9.90 Å². The number of aryl methyl sites for hydroxylation is 1. The number of carbonyl (C=O) groups is 1. The van der Waals surface area contributed by atoms with Crippen LogP contribution in [0, 0.1) is 0 Å². The van der Waals surface area contributed by atoms with Crippen molar-refractivity contribution < 1.29 is 14.6 Å². The molecule has 2 aliphatic rings. The number of likely N-dealkylation sites (tertiary alicyclic amines) is 1. The number of carbonyl (C=O) groups excluding carboxylic acids is 1. The molecule has 39 heavy (non-hydrogen) atoms. The Labute approximate surface area is 228 Å². The van der Waals surface area contributed by atoms with E-state index in [0.717, 1.165) is 60.8 Å². The fourth-order valence-corrected chi connectivity index (χ4v) is 6.65. The van der Waals surface area contributed by atoms with E-state index in [1.165, 1.54) is 10.9 Å². The van der Waals surface area contributed by atoms with Crippen LogP contribution in [0.3, 0.4) is 0 Å². The van der Waals surface area contributed by atoms with Gasteiger partial charge in [0.1, 0.15) is 5.75 Å². The minimum Gasteiger partial charge on any atom is -0.497 e. The van der Waals surface area contributed by atoms with Gasteiger partial charge in [-0.15, -0.1) is 0 Å². The summed E-state index contributed by atoms with van der Waals surface area (Å²) in [7, 11) is 3.72. The van der Waals surface area contributed by atoms with Gasteiger partial charge in [-0.1, -0.05) is 12.1 Å². The van der Waals surface area contributed by atoms with Crippen molar-refractivity contribution in [2.45, 2.75) is 37.3 Å². The molecule has 0 aliphatic carbocycles.